The maximum absolute atomic E-state index is 9.19. The van der Waals surface area contributed by atoms with E-state index in [1.807, 2.05) is 6.07 Å². The number of nitrogens with zero attached hydrogens (tertiary/aromatic N) is 1. The molecule has 14 heavy (non-hydrogen) atoms. The highest BCUT2D eigenvalue weighted by Gasteiger charge is 1.89. The van der Waals surface area contributed by atoms with E-state index >= 15 is 0 Å². The van der Waals surface area contributed by atoms with E-state index in [1.165, 1.54) is 0 Å². The number of aromatic nitrogens is 1. The second-order valence-corrected chi connectivity index (χ2v) is 4.78. The third kappa shape index (κ3) is 9.59. The fourth-order valence-corrected chi connectivity index (χ4v) is 0.955. The van der Waals surface area contributed by atoms with E-state index in [4.69, 9.17) is 9.66 Å². The van der Waals surface area contributed by atoms with Gasteiger partial charge in [-0.25, -0.2) is 0 Å². The van der Waals surface area contributed by atoms with Gasteiger partial charge >= 0.3 is 0 Å². The maximum Gasteiger partial charge on any atom is 0.261 e. The lowest BCUT2D eigenvalue weighted by Crippen LogP contribution is -1.88. The van der Waals surface area contributed by atoms with Gasteiger partial charge in [0, 0.05) is 16.9 Å². The zero-order chi connectivity index (χ0) is 11.2. The third-order valence-corrected chi connectivity index (χ3v) is 1.38. The summed E-state index contributed by atoms with van der Waals surface area (Å²) < 4.78 is 26.8. The average molecular weight is 284 g/mol. The van der Waals surface area contributed by atoms with Gasteiger partial charge < -0.3 is 5.11 Å². The minimum atomic E-state index is -3.67. The van der Waals surface area contributed by atoms with Crippen LogP contribution in [0.3, 0.4) is 0 Å². The van der Waals surface area contributed by atoms with E-state index in [-0.39, 0.29) is 6.61 Å². The molecule has 0 saturated carbocycles. The van der Waals surface area contributed by atoms with E-state index in [0.717, 1.165) is 10.0 Å². The van der Waals surface area contributed by atoms with Crippen molar-refractivity contribution in [1.29, 1.82) is 0 Å². The summed E-state index contributed by atoms with van der Waals surface area (Å²) in [6, 6.07) is 1.83. The molecular formula is C7H10BrNO4S. The molecule has 0 fully saturated rings. The monoisotopic (exact) mass is 283 g/mol. The van der Waals surface area contributed by atoms with Crippen LogP contribution in [0.25, 0.3) is 0 Å². The fourth-order valence-electron chi connectivity index (χ4n) is 0.542. The molecule has 0 atom stereocenters. The summed E-state index contributed by atoms with van der Waals surface area (Å²) >= 11 is 3.23. The van der Waals surface area contributed by atoms with Crippen molar-refractivity contribution < 1.29 is 18.1 Å². The van der Waals surface area contributed by atoms with Crippen LogP contribution in [0.4, 0.5) is 0 Å². The molecule has 1 rings (SSSR count). The molecular weight excluding hydrogens is 274 g/mol. The third-order valence-electron chi connectivity index (χ3n) is 0.944. The Hall–Kier alpha value is -0.500. The van der Waals surface area contributed by atoms with Crippen molar-refractivity contribution in [3.05, 3.63) is 28.5 Å². The van der Waals surface area contributed by atoms with Gasteiger partial charge in [-0.3, -0.25) is 9.54 Å². The van der Waals surface area contributed by atoms with Gasteiger partial charge in [-0.05, 0) is 27.6 Å². The normalized spacial score (nSPS) is 10.3. The number of hydrogen-bond acceptors (Lipinski definition) is 4. The summed E-state index contributed by atoms with van der Waals surface area (Å²) in [5.41, 5.74) is 0.823. The summed E-state index contributed by atoms with van der Waals surface area (Å²) in [4.78, 5) is 3.85. The van der Waals surface area contributed by atoms with E-state index in [0.29, 0.717) is 6.26 Å². The smallest absolute Gasteiger partial charge is 0.261 e. The number of aliphatic hydroxyl groups excluding tert-OH is 1. The standard InChI is InChI=1S/C6H6BrNO.CH4O3S/c7-6-1-5(4-9)2-8-3-6;1-5(2,3)4/h1-3,9H,4H2;1H3,(H,2,3,4). The van der Waals surface area contributed by atoms with Crippen molar-refractivity contribution in [2.24, 2.45) is 0 Å². The van der Waals surface area contributed by atoms with Crippen LogP contribution < -0.4 is 0 Å². The minimum Gasteiger partial charge on any atom is -0.392 e. The molecule has 0 bridgehead atoms. The van der Waals surface area contributed by atoms with Gasteiger partial charge in [-0.1, -0.05) is 0 Å². The molecule has 0 aliphatic rings. The Morgan fingerprint density at radius 2 is 2.00 bits per heavy atom. The second kappa shape index (κ2) is 6.07. The topological polar surface area (TPSA) is 87.5 Å². The first-order valence-corrected chi connectivity index (χ1v) is 6.10. The zero-order valence-corrected chi connectivity index (χ0v) is 9.79. The minimum absolute atomic E-state index is 0.0481. The van der Waals surface area contributed by atoms with E-state index in [1.54, 1.807) is 12.4 Å². The number of rotatable bonds is 1. The maximum atomic E-state index is 9.19. The Balaban J connectivity index is 0.000000292. The van der Waals surface area contributed by atoms with Crippen LogP contribution in [0.15, 0.2) is 22.9 Å². The molecule has 0 aromatic carbocycles. The molecule has 5 nitrogen and oxygen atoms in total. The molecule has 1 aromatic heterocycles. The van der Waals surface area contributed by atoms with Gasteiger partial charge in [0.2, 0.25) is 0 Å². The van der Waals surface area contributed by atoms with Crippen LogP contribution in [-0.2, 0) is 16.7 Å². The molecule has 0 aliphatic carbocycles. The number of halogens is 1. The first-order chi connectivity index (χ1) is 6.33. The molecule has 0 unspecified atom stereocenters. The quantitative estimate of drug-likeness (QED) is 0.746. The summed E-state index contributed by atoms with van der Waals surface area (Å²) in [5, 5.41) is 8.60. The Morgan fingerprint density at radius 1 is 1.50 bits per heavy atom. The largest absolute Gasteiger partial charge is 0.392 e. The Morgan fingerprint density at radius 3 is 2.29 bits per heavy atom. The molecule has 1 heterocycles. The molecule has 0 aliphatic heterocycles. The lowest BCUT2D eigenvalue weighted by atomic mass is 10.3. The van der Waals surface area contributed by atoms with Gasteiger partial charge in [0.15, 0.2) is 0 Å². The van der Waals surface area contributed by atoms with Crippen LogP contribution in [0.5, 0.6) is 0 Å². The van der Waals surface area contributed by atoms with Crippen molar-refractivity contribution >= 4 is 26.0 Å². The number of pyridine rings is 1. The van der Waals surface area contributed by atoms with Crippen molar-refractivity contribution in [3.63, 3.8) is 0 Å². The second-order valence-electron chi connectivity index (χ2n) is 2.40. The van der Waals surface area contributed by atoms with Gasteiger partial charge in [0.25, 0.3) is 10.1 Å². The molecule has 80 valence electrons. The van der Waals surface area contributed by atoms with Crippen LogP contribution in [0.2, 0.25) is 0 Å². The summed E-state index contributed by atoms with van der Waals surface area (Å²) in [6.07, 6.45) is 4.02. The molecule has 0 radical (unpaired) electrons. The summed E-state index contributed by atoms with van der Waals surface area (Å²) in [6.45, 7) is 0.0481. The fraction of sp³-hybridized carbons (Fsp3) is 0.286. The molecule has 0 spiro atoms. The van der Waals surface area contributed by atoms with E-state index in [2.05, 4.69) is 20.9 Å². The first-order valence-electron chi connectivity index (χ1n) is 3.45. The highest BCUT2D eigenvalue weighted by atomic mass is 79.9. The summed E-state index contributed by atoms with van der Waals surface area (Å²) in [7, 11) is -3.67. The van der Waals surface area contributed by atoms with Gasteiger partial charge in [-0.15, -0.1) is 0 Å². The predicted molar refractivity (Wildman–Crippen MR) is 55.3 cm³/mol. The van der Waals surface area contributed by atoms with Gasteiger partial charge in [0.05, 0.1) is 12.9 Å². The molecule has 0 saturated heterocycles. The first kappa shape index (κ1) is 13.5. The highest BCUT2D eigenvalue weighted by Crippen LogP contribution is 2.08. The lowest BCUT2D eigenvalue weighted by Gasteiger charge is -1.92. The van der Waals surface area contributed by atoms with Crippen LogP contribution in [0, 0.1) is 0 Å². The van der Waals surface area contributed by atoms with Crippen LogP contribution in [0.1, 0.15) is 5.56 Å². The van der Waals surface area contributed by atoms with Gasteiger partial charge in [0.1, 0.15) is 0 Å². The van der Waals surface area contributed by atoms with Crippen molar-refractivity contribution in [3.8, 4) is 0 Å². The van der Waals surface area contributed by atoms with Crippen molar-refractivity contribution in [1.82, 2.24) is 4.98 Å². The van der Waals surface area contributed by atoms with Crippen molar-refractivity contribution in [2.75, 3.05) is 6.26 Å². The summed E-state index contributed by atoms with van der Waals surface area (Å²) in [5.74, 6) is 0. The van der Waals surface area contributed by atoms with Crippen LogP contribution >= 0.6 is 15.9 Å². The van der Waals surface area contributed by atoms with E-state index < -0.39 is 10.1 Å². The van der Waals surface area contributed by atoms with Crippen LogP contribution in [-0.4, -0.2) is 29.3 Å². The SMILES string of the molecule is CS(=O)(=O)O.OCc1cncc(Br)c1. The van der Waals surface area contributed by atoms with Gasteiger partial charge in [-0.2, -0.15) is 8.42 Å². The van der Waals surface area contributed by atoms with E-state index in [9.17, 15) is 8.42 Å². The molecule has 0 amide bonds. The zero-order valence-electron chi connectivity index (χ0n) is 7.38. The predicted octanol–water partition coefficient (Wildman–Crippen LogP) is 0.840. The lowest BCUT2D eigenvalue weighted by molar-refractivity contribution is 0.281. The Bertz CT molecular complexity index is 371. The average Bonchev–Trinajstić information content (AvgIpc) is 2.01. The van der Waals surface area contributed by atoms with Crippen molar-refractivity contribution in [2.45, 2.75) is 6.61 Å². The Labute approximate surface area is 90.7 Å². The number of hydrogen-bond donors (Lipinski definition) is 2. The molecule has 1 aromatic rings. The highest BCUT2D eigenvalue weighted by molar-refractivity contribution is 9.10. The Kier molecular flexibility index (Phi) is 5.86. The number of aliphatic hydroxyl groups is 1. The molecule has 2 N–H and O–H groups in total. The molecule has 7 heteroatoms.